The van der Waals surface area contributed by atoms with Gasteiger partial charge in [-0.1, -0.05) is 6.08 Å². The lowest BCUT2D eigenvalue weighted by Gasteiger charge is -2.28. The highest BCUT2D eigenvalue weighted by atomic mass is 16.8. The van der Waals surface area contributed by atoms with Gasteiger partial charge in [-0.3, -0.25) is 0 Å². The Morgan fingerprint density at radius 2 is 2.00 bits per heavy atom. The van der Waals surface area contributed by atoms with Crippen LogP contribution in [0.4, 0.5) is 0 Å². The fourth-order valence-electron chi connectivity index (χ4n) is 1.30. The molecule has 0 aromatic rings. The van der Waals surface area contributed by atoms with E-state index in [9.17, 15) is 10.2 Å². The molecule has 1 rings (SSSR count). The maximum absolute atomic E-state index is 9.27. The number of ether oxygens (including phenoxy) is 2. The summed E-state index contributed by atoms with van der Waals surface area (Å²) < 4.78 is 10.2. The van der Waals surface area contributed by atoms with Crippen molar-refractivity contribution >= 4 is 0 Å². The molecule has 1 heterocycles. The standard InChI is InChI=1S/C9H16O4/c1-2-5-9(10,11)13-8-3-6-12-7-4-8/h2,5,8,10-11H,3-4,6-7H2,1H3. The minimum atomic E-state index is -2.13. The highest BCUT2D eigenvalue weighted by molar-refractivity contribution is 4.86. The molecular weight excluding hydrogens is 172 g/mol. The predicted molar refractivity (Wildman–Crippen MR) is 46.9 cm³/mol. The number of allylic oxidation sites excluding steroid dienone is 1. The predicted octanol–water partition coefficient (Wildman–Crippen LogP) is 0.396. The first-order valence-corrected chi connectivity index (χ1v) is 4.48. The lowest BCUT2D eigenvalue weighted by molar-refractivity contribution is -0.326. The Morgan fingerprint density at radius 3 is 2.54 bits per heavy atom. The monoisotopic (exact) mass is 188 g/mol. The van der Waals surface area contributed by atoms with Gasteiger partial charge in [-0.15, -0.1) is 0 Å². The Labute approximate surface area is 77.8 Å². The molecule has 0 aliphatic carbocycles. The second-order valence-electron chi connectivity index (χ2n) is 3.09. The van der Waals surface area contributed by atoms with Gasteiger partial charge in [0.05, 0.1) is 6.10 Å². The van der Waals surface area contributed by atoms with Gasteiger partial charge in [0.15, 0.2) is 0 Å². The molecular formula is C9H16O4. The molecule has 4 nitrogen and oxygen atoms in total. The van der Waals surface area contributed by atoms with Gasteiger partial charge in [-0.2, -0.15) is 0 Å². The fourth-order valence-corrected chi connectivity index (χ4v) is 1.30. The molecule has 13 heavy (non-hydrogen) atoms. The quantitative estimate of drug-likeness (QED) is 0.497. The third-order valence-electron chi connectivity index (χ3n) is 1.89. The summed E-state index contributed by atoms with van der Waals surface area (Å²) in [5, 5.41) is 18.5. The summed E-state index contributed by atoms with van der Waals surface area (Å²) >= 11 is 0. The van der Waals surface area contributed by atoms with E-state index in [1.807, 2.05) is 0 Å². The van der Waals surface area contributed by atoms with E-state index in [1.165, 1.54) is 6.08 Å². The average Bonchev–Trinajstić information content (AvgIpc) is 2.04. The molecule has 1 saturated heterocycles. The van der Waals surface area contributed by atoms with Crippen molar-refractivity contribution in [2.75, 3.05) is 13.2 Å². The minimum Gasteiger partial charge on any atom is -0.381 e. The second-order valence-corrected chi connectivity index (χ2v) is 3.09. The molecule has 0 unspecified atom stereocenters. The summed E-state index contributed by atoms with van der Waals surface area (Å²) in [6.45, 7) is 2.95. The lowest BCUT2D eigenvalue weighted by atomic mass is 10.1. The molecule has 0 amide bonds. The van der Waals surface area contributed by atoms with E-state index in [0.29, 0.717) is 26.1 Å². The van der Waals surface area contributed by atoms with Crippen LogP contribution in [0.3, 0.4) is 0 Å². The van der Waals surface area contributed by atoms with Crippen LogP contribution >= 0.6 is 0 Å². The third kappa shape index (κ3) is 3.87. The van der Waals surface area contributed by atoms with E-state index in [0.717, 1.165) is 0 Å². The van der Waals surface area contributed by atoms with E-state index < -0.39 is 5.97 Å². The number of rotatable bonds is 3. The van der Waals surface area contributed by atoms with E-state index in [4.69, 9.17) is 9.47 Å². The Kier molecular flexibility index (Phi) is 3.87. The van der Waals surface area contributed by atoms with Crippen molar-refractivity contribution in [3.8, 4) is 0 Å². The van der Waals surface area contributed by atoms with Gasteiger partial charge in [-0.25, -0.2) is 0 Å². The molecule has 0 bridgehead atoms. The third-order valence-corrected chi connectivity index (χ3v) is 1.89. The van der Waals surface area contributed by atoms with Crippen molar-refractivity contribution in [3.05, 3.63) is 12.2 Å². The zero-order valence-corrected chi connectivity index (χ0v) is 7.77. The number of aliphatic hydroxyl groups is 2. The smallest absolute Gasteiger partial charge is 0.299 e. The summed E-state index contributed by atoms with van der Waals surface area (Å²) in [5.41, 5.74) is 0. The molecule has 0 aromatic carbocycles. The van der Waals surface area contributed by atoms with Gasteiger partial charge in [0, 0.05) is 13.2 Å². The van der Waals surface area contributed by atoms with Crippen LogP contribution in [-0.4, -0.2) is 35.5 Å². The molecule has 76 valence electrons. The summed E-state index contributed by atoms with van der Waals surface area (Å²) in [7, 11) is 0. The van der Waals surface area contributed by atoms with E-state index in [-0.39, 0.29) is 6.10 Å². The largest absolute Gasteiger partial charge is 0.381 e. The molecule has 0 radical (unpaired) electrons. The van der Waals surface area contributed by atoms with Gasteiger partial charge in [-0.05, 0) is 25.8 Å². The highest BCUT2D eigenvalue weighted by Gasteiger charge is 2.26. The molecule has 1 fully saturated rings. The van der Waals surface area contributed by atoms with Crippen LogP contribution in [-0.2, 0) is 9.47 Å². The zero-order valence-electron chi connectivity index (χ0n) is 7.77. The first-order valence-electron chi connectivity index (χ1n) is 4.48. The molecule has 1 aliphatic heterocycles. The van der Waals surface area contributed by atoms with Crippen LogP contribution in [0.2, 0.25) is 0 Å². The van der Waals surface area contributed by atoms with Crippen molar-refractivity contribution in [2.24, 2.45) is 0 Å². The van der Waals surface area contributed by atoms with Crippen LogP contribution in [0.1, 0.15) is 19.8 Å². The van der Waals surface area contributed by atoms with Crippen molar-refractivity contribution in [1.82, 2.24) is 0 Å². The van der Waals surface area contributed by atoms with Crippen molar-refractivity contribution < 1.29 is 19.7 Å². The normalized spacial score (nSPS) is 21.2. The van der Waals surface area contributed by atoms with Gasteiger partial charge < -0.3 is 19.7 Å². The summed E-state index contributed by atoms with van der Waals surface area (Å²) in [4.78, 5) is 0. The first-order chi connectivity index (χ1) is 6.14. The van der Waals surface area contributed by atoms with Gasteiger partial charge in [0.1, 0.15) is 0 Å². The topological polar surface area (TPSA) is 58.9 Å². The van der Waals surface area contributed by atoms with Crippen molar-refractivity contribution in [3.63, 3.8) is 0 Å². The van der Waals surface area contributed by atoms with Crippen LogP contribution in [0.5, 0.6) is 0 Å². The van der Waals surface area contributed by atoms with Crippen molar-refractivity contribution in [2.45, 2.75) is 31.8 Å². The maximum Gasteiger partial charge on any atom is 0.299 e. The Bertz CT molecular complexity index is 170. The van der Waals surface area contributed by atoms with Crippen LogP contribution in [0.25, 0.3) is 0 Å². The molecule has 0 atom stereocenters. The SMILES string of the molecule is CC=CC(O)(O)OC1CCOCC1. The molecule has 2 N–H and O–H groups in total. The molecule has 0 saturated carbocycles. The Hall–Kier alpha value is -0.420. The second kappa shape index (κ2) is 4.72. The van der Waals surface area contributed by atoms with Crippen LogP contribution in [0.15, 0.2) is 12.2 Å². The lowest BCUT2D eigenvalue weighted by Crippen LogP contribution is -2.37. The average molecular weight is 188 g/mol. The van der Waals surface area contributed by atoms with Gasteiger partial charge in [0.25, 0.3) is 5.97 Å². The summed E-state index contributed by atoms with van der Waals surface area (Å²) in [6.07, 6.45) is 4.04. The molecule has 4 heteroatoms. The summed E-state index contributed by atoms with van der Waals surface area (Å²) in [5.74, 6) is -2.13. The number of hydrogen-bond donors (Lipinski definition) is 2. The van der Waals surface area contributed by atoms with E-state index in [1.54, 1.807) is 13.0 Å². The van der Waals surface area contributed by atoms with Gasteiger partial charge >= 0.3 is 0 Å². The molecule has 0 spiro atoms. The fraction of sp³-hybridized carbons (Fsp3) is 0.778. The van der Waals surface area contributed by atoms with E-state index >= 15 is 0 Å². The maximum atomic E-state index is 9.27. The van der Waals surface area contributed by atoms with Crippen LogP contribution in [0, 0.1) is 0 Å². The highest BCUT2D eigenvalue weighted by Crippen LogP contribution is 2.16. The Morgan fingerprint density at radius 1 is 1.38 bits per heavy atom. The molecule has 1 aliphatic rings. The Balaban J connectivity index is 2.36. The minimum absolute atomic E-state index is 0.125. The van der Waals surface area contributed by atoms with Gasteiger partial charge in [0.2, 0.25) is 0 Å². The number of hydrogen-bond acceptors (Lipinski definition) is 4. The molecule has 0 aromatic heterocycles. The summed E-state index contributed by atoms with van der Waals surface area (Å²) in [6, 6.07) is 0. The zero-order chi connectivity index (χ0) is 9.73. The van der Waals surface area contributed by atoms with E-state index in [2.05, 4.69) is 0 Å². The van der Waals surface area contributed by atoms with Crippen molar-refractivity contribution in [1.29, 1.82) is 0 Å². The first kappa shape index (κ1) is 10.7. The van der Waals surface area contributed by atoms with Crippen LogP contribution < -0.4 is 0 Å².